The SMILES string of the molecule is CC(C)[C@@H]1CC[C@@H](C)C[C@H]1OC(=O)c1ccccc1N. The van der Waals surface area contributed by atoms with Crippen molar-refractivity contribution in [2.45, 2.75) is 46.1 Å². The Kier molecular flexibility index (Phi) is 4.69. The van der Waals surface area contributed by atoms with Crippen LogP contribution >= 0.6 is 0 Å². The first-order valence-electron chi connectivity index (χ1n) is 7.54. The van der Waals surface area contributed by atoms with E-state index in [4.69, 9.17) is 10.5 Å². The zero-order valence-corrected chi connectivity index (χ0v) is 12.6. The molecule has 1 aliphatic carbocycles. The van der Waals surface area contributed by atoms with Crippen LogP contribution in [0.1, 0.15) is 50.4 Å². The molecule has 0 amide bonds. The number of nitrogen functional groups attached to an aromatic ring is 1. The van der Waals surface area contributed by atoms with Gasteiger partial charge in [0.2, 0.25) is 0 Å². The maximum Gasteiger partial charge on any atom is 0.340 e. The Morgan fingerprint density at radius 3 is 2.65 bits per heavy atom. The Morgan fingerprint density at radius 1 is 1.30 bits per heavy atom. The number of carbonyl (C=O) groups is 1. The highest BCUT2D eigenvalue weighted by atomic mass is 16.5. The molecule has 2 rings (SSSR count). The van der Waals surface area contributed by atoms with E-state index in [0.29, 0.717) is 29.0 Å². The Balaban J connectivity index is 2.10. The number of benzene rings is 1. The van der Waals surface area contributed by atoms with Crippen LogP contribution < -0.4 is 5.73 Å². The molecule has 0 spiro atoms. The van der Waals surface area contributed by atoms with Crippen LogP contribution in [-0.2, 0) is 4.74 Å². The molecule has 3 atom stereocenters. The lowest BCUT2D eigenvalue weighted by molar-refractivity contribution is -0.0173. The van der Waals surface area contributed by atoms with Crippen LogP contribution in [0.3, 0.4) is 0 Å². The summed E-state index contributed by atoms with van der Waals surface area (Å²) in [5, 5.41) is 0. The first kappa shape index (κ1) is 14.9. The van der Waals surface area contributed by atoms with Gasteiger partial charge >= 0.3 is 5.97 Å². The van der Waals surface area contributed by atoms with Gasteiger partial charge in [-0.15, -0.1) is 0 Å². The lowest BCUT2D eigenvalue weighted by Gasteiger charge is -2.36. The second-order valence-electron chi connectivity index (χ2n) is 6.36. The number of ether oxygens (including phenoxy) is 1. The molecule has 1 fully saturated rings. The quantitative estimate of drug-likeness (QED) is 0.672. The molecule has 3 heteroatoms. The van der Waals surface area contributed by atoms with Crippen LogP contribution in [0.4, 0.5) is 5.69 Å². The van der Waals surface area contributed by atoms with E-state index in [1.165, 1.54) is 6.42 Å². The zero-order valence-electron chi connectivity index (χ0n) is 12.6. The molecular weight excluding hydrogens is 250 g/mol. The van der Waals surface area contributed by atoms with Crippen LogP contribution in [0.5, 0.6) is 0 Å². The van der Waals surface area contributed by atoms with Crippen LogP contribution in [-0.4, -0.2) is 12.1 Å². The molecule has 0 aliphatic heterocycles. The Hall–Kier alpha value is -1.51. The average Bonchev–Trinajstić information content (AvgIpc) is 2.38. The van der Waals surface area contributed by atoms with Gasteiger partial charge in [0, 0.05) is 5.69 Å². The molecule has 110 valence electrons. The van der Waals surface area contributed by atoms with Crippen molar-refractivity contribution in [1.82, 2.24) is 0 Å². The molecular formula is C17H25NO2. The minimum atomic E-state index is -0.284. The van der Waals surface area contributed by atoms with Crippen molar-refractivity contribution < 1.29 is 9.53 Å². The molecule has 0 aromatic heterocycles. The van der Waals surface area contributed by atoms with Crippen LogP contribution in [0.2, 0.25) is 0 Å². The van der Waals surface area contributed by atoms with E-state index in [1.807, 2.05) is 12.1 Å². The summed E-state index contributed by atoms with van der Waals surface area (Å²) in [6.07, 6.45) is 3.35. The van der Waals surface area contributed by atoms with E-state index in [1.54, 1.807) is 12.1 Å². The predicted octanol–water partition coefficient (Wildman–Crippen LogP) is 3.89. The van der Waals surface area contributed by atoms with E-state index in [-0.39, 0.29) is 12.1 Å². The van der Waals surface area contributed by atoms with E-state index in [2.05, 4.69) is 20.8 Å². The third-order valence-electron chi connectivity index (χ3n) is 4.40. The maximum atomic E-state index is 12.3. The molecule has 0 saturated heterocycles. The van der Waals surface area contributed by atoms with Crippen molar-refractivity contribution in [2.75, 3.05) is 5.73 Å². The number of anilines is 1. The molecule has 0 radical (unpaired) electrons. The topological polar surface area (TPSA) is 52.3 Å². The van der Waals surface area contributed by atoms with Gasteiger partial charge in [-0.3, -0.25) is 0 Å². The van der Waals surface area contributed by atoms with E-state index >= 15 is 0 Å². The predicted molar refractivity (Wildman–Crippen MR) is 81.4 cm³/mol. The van der Waals surface area contributed by atoms with Crippen LogP contribution in [0, 0.1) is 17.8 Å². The Morgan fingerprint density at radius 2 is 2.00 bits per heavy atom. The Bertz CT molecular complexity index is 470. The number of para-hydroxylation sites is 1. The summed E-state index contributed by atoms with van der Waals surface area (Å²) >= 11 is 0. The molecule has 0 heterocycles. The smallest absolute Gasteiger partial charge is 0.340 e. The first-order chi connectivity index (χ1) is 9.49. The van der Waals surface area contributed by atoms with Gasteiger partial charge in [0.25, 0.3) is 0 Å². The van der Waals surface area contributed by atoms with Gasteiger partial charge in [-0.25, -0.2) is 4.79 Å². The van der Waals surface area contributed by atoms with Gasteiger partial charge in [0.1, 0.15) is 6.10 Å². The monoisotopic (exact) mass is 275 g/mol. The van der Waals surface area contributed by atoms with Crippen molar-refractivity contribution in [3.05, 3.63) is 29.8 Å². The largest absolute Gasteiger partial charge is 0.458 e. The second kappa shape index (κ2) is 6.29. The van der Waals surface area contributed by atoms with Gasteiger partial charge in [-0.2, -0.15) is 0 Å². The fourth-order valence-corrected chi connectivity index (χ4v) is 3.13. The summed E-state index contributed by atoms with van der Waals surface area (Å²) in [4.78, 5) is 12.3. The molecule has 1 saturated carbocycles. The zero-order chi connectivity index (χ0) is 14.7. The summed E-state index contributed by atoms with van der Waals surface area (Å²) in [6.45, 7) is 6.64. The van der Waals surface area contributed by atoms with Gasteiger partial charge in [-0.05, 0) is 42.7 Å². The summed E-state index contributed by atoms with van der Waals surface area (Å²) in [7, 11) is 0. The summed E-state index contributed by atoms with van der Waals surface area (Å²) in [6, 6.07) is 7.11. The highest BCUT2D eigenvalue weighted by Gasteiger charge is 2.33. The maximum absolute atomic E-state index is 12.3. The van der Waals surface area contributed by atoms with E-state index < -0.39 is 0 Å². The molecule has 1 aliphatic rings. The highest BCUT2D eigenvalue weighted by Crippen LogP contribution is 2.35. The molecule has 0 bridgehead atoms. The number of rotatable bonds is 3. The standard InChI is InChI=1S/C17H25NO2/c1-11(2)13-9-8-12(3)10-16(13)20-17(19)14-6-4-5-7-15(14)18/h4-7,11-13,16H,8-10,18H2,1-3H3/t12-,13+,16-/m1/s1. The van der Waals surface area contributed by atoms with Crippen molar-refractivity contribution >= 4 is 11.7 Å². The molecule has 0 unspecified atom stereocenters. The normalized spacial score (nSPS) is 26.5. The first-order valence-corrected chi connectivity index (χ1v) is 7.54. The minimum absolute atomic E-state index is 0.0193. The fraction of sp³-hybridized carbons (Fsp3) is 0.588. The number of carbonyl (C=O) groups excluding carboxylic acids is 1. The minimum Gasteiger partial charge on any atom is -0.458 e. The van der Waals surface area contributed by atoms with Gasteiger partial charge in [0.05, 0.1) is 5.56 Å². The van der Waals surface area contributed by atoms with Crippen molar-refractivity contribution in [3.63, 3.8) is 0 Å². The molecule has 20 heavy (non-hydrogen) atoms. The average molecular weight is 275 g/mol. The van der Waals surface area contributed by atoms with Crippen LogP contribution in [0.25, 0.3) is 0 Å². The lowest BCUT2D eigenvalue weighted by atomic mass is 9.75. The third kappa shape index (κ3) is 3.33. The fourth-order valence-electron chi connectivity index (χ4n) is 3.13. The van der Waals surface area contributed by atoms with Crippen molar-refractivity contribution in [3.8, 4) is 0 Å². The van der Waals surface area contributed by atoms with Crippen LogP contribution in [0.15, 0.2) is 24.3 Å². The molecule has 1 aromatic carbocycles. The van der Waals surface area contributed by atoms with Gasteiger partial charge in [-0.1, -0.05) is 39.3 Å². The number of hydrogen-bond donors (Lipinski definition) is 1. The summed E-state index contributed by atoms with van der Waals surface area (Å²) < 4.78 is 5.78. The molecule has 2 N–H and O–H groups in total. The lowest BCUT2D eigenvalue weighted by Crippen LogP contribution is -2.36. The van der Waals surface area contributed by atoms with Crippen molar-refractivity contribution in [2.24, 2.45) is 17.8 Å². The molecule has 1 aromatic rings. The van der Waals surface area contributed by atoms with Gasteiger partial charge < -0.3 is 10.5 Å². The third-order valence-corrected chi connectivity index (χ3v) is 4.40. The Labute approximate surface area is 121 Å². The summed E-state index contributed by atoms with van der Waals surface area (Å²) in [5.41, 5.74) is 6.82. The van der Waals surface area contributed by atoms with E-state index in [0.717, 1.165) is 12.8 Å². The van der Waals surface area contributed by atoms with E-state index in [9.17, 15) is 4.79 Å². The second-order valence-corrected chi connectivity index (χ2v) is 6.36. The number of hydrogen-bond acceptors (Lipinski definition) is 3. The highest BCUT2D eigenvalue weighted by molar-refractivity contribution is 5.95. The van der Waals surface area contributed by atoms with Gasteiger partial charge in [0.15, 0.2) is 0 Å². The molecule has 3 nitrogen and oxygen atoms in total. The number of esters is 1. The number of nitrogens with two attached hydrogens (primary N) is 1. The van der Waals surface area contributed by atoms with Crippen molar-refractivity contribution in [1.29, 1.82) is 0 Å². The summed E-state index contributed by atoms with van der Waals surface area (Å²) in [5.74, 6) is 1.33.